The number of ether oxygens (including phenoxy) is 1. The second-order valence-corrected chi connectivity index (χ2v) is 6.86. The van der Waals surface area contributed by atoms with E-state index in [2.05, 4.69) is 27.4 Å². The number of aromatic nitrogens is 2. The third-order valence-electron chi connectivity index (χ3n) is 5.00. The van der Waals surface area contributed by atoms with Crippen molar-refractivity contribution in [3.63, 3.8) is 0 Å². The lowest BCUT2D eigenvalue weighted by Gasteiger charge is -2.22. The van der Waals surface area contributed by atoms with Crippen LogP contribution in [-0.4, -0.2) is 17.1 Å². The van der Waals surface area contributed by atoms with Crippen molar-refractivity contribution in [3.05, 3.63) is 66.5 Å². The maximum atomic E-state index is 5.91. The monoisotopic (exact) mass is 372 g/mol. The molecule has 0 atom stereocenters. The molecule has 5 nitrogen and oxygen atoms in total. The van der Waals surface area contributed by atoms with Crippen LogP contribution in [0.2, 0.25) is 0 Å². The number of nitrogens with one attached hydrogen (secondary N) is 1. The van der Waals surface area contributed by atoms with Gasteiger partial charge in [-0.25, -0.2) is 9.97 Å². The molecule has 0 spiro atoms. The first-order valence-corrected chi connectivity index (χ1v) is 9.56. The van der Waals surface area contributed by atoms with Crippen molar-refractivity contribution in [1.82, 2.24) is 9.97 Å². The Labute approximate surface area is 165 Å². The maximum absolute atomic E-state index is 5.91. The molecule has 0 saturated carbocycles. The molecule has 0 bridgehead atoms. The van der Waals surface area contributed by atoms with E-state index in [1.54, 1.807) is 13.3 Å². The molecular weight excluding hydrogens is 348 g/mol. The van der Waals surface area contributed by atoms with Gasteiger partial charge in [0.25, 0.3) is 0 Å². The van der Waals surface area contributed by atoms with Gasteiger partial charge in [0.1, 0.15) is 17.4 Å². The SMILES string of the molecule is COc1c(Nc2ccccn2)ccc(-c2ccc(N)nc2)c1C1=CCCCC1. The number of nitrogens with zero attached hydrogens (tertiary/aromatic N) is 2. The van der Waals surface area contributed by atoms with Crippen LogP contribution in [0.4, 0.5) is 17.3 Å². The quantitative estimate of drug-likeness (QED) is 0.624. The number of hydrogen-bond donors (Lipinski definition) is 2. The van der Waals surface area contributed by atoms with E-state index in [4.69, 9.17) is 10.5 Å². The molecule has 0 saturated heterocycles. The fraction of sp³-hybridized carbons (Fsp3) is 0.217. The minimum Gasteiger partial charge on any atom is -0.494 e. The number of benzene rings is 1. The van der Waals surface area contributed by atoms with E-state index in [9.17, 15) is 0 Å². The summed E-state index contributed by atoms with van der Waals surface area (Å²) in [4.78, 5) is 8.66. The third-order valence-corrected chi connectivity index (χ3v) is 5.00. The highest BCUT2D eigenvalue weighted by atomic mass is 16.5. The highest BCUT2D eigenvalue weighted by Gasteiger charge is 2.20. The predicted octanol–water partition coefficient (Wildman–Crippen LogP) is 5.44. The van der Waals surface area contributed by atoms with Gasteiger partial charge < -0.3 is 15.8 Å². The second kappa shape index (κ2) is 8.13. The molecule has 0 radical (unpaired) electrons. The van der Waals surface area contributed by atoms with Gasteiger partial charge in [-0.05, 0) is 67.2 Å². The van der Waals surface area contributed by atoms with Gasteiger partial charge >= 0.3 is 0 Å². The van der Waals surface area contributed by atoms with Crippen LogP contribution >= 0.6 is 0 Å². The van der Waals surface area contributed by atoms with Crippen molar-refractivity contribution in [2.24, 2.45) is 0 Å². The molecule has 0 aliphatic heterocycles. The summed E-state index contributed by atoms with van der Waals surface area (Å²) in [6.07, 6.45) is 10.5. The van der Waals surface area contributed by atoms with Crippen LogP contribution in [0.15, 0.2) is 60.9 Å². The van der Waals surface area contributed by atoms with E-state index < -0.39 is 0 Å². The second-order valence-electron chi connectivity index (χ2n) is 6.86. The smallest absolute Gasteiger partial charge is 0.150 e. The predicted molar refractivity (Wildman–Crippen MR) is 115 cm³/mol. The number of anilines is 3. The van der Waals surface area contributed by atoms with Crippen LogP contribution in [0.5, 0.6) is 5.75 Å². The van der Waals surface area contributed by atoms with Crippen LogP contribution in [0, 0.1) is 0 Å². The highest BCUT2D eigenvalue weighted by Crippen LogP contribution is 2.44. The molecule has 0 amide bonds. The average molecular weight is 372 g/mol. The number of rotatable bonds is 5. The third kappa shape index (κ3) is 3.69. The summed E-state index contributed by atoms with van der Waals surface area (Å²) >= 11 is 0. The normalized spacial score (nSPS) is 13.7. The topological polar surface area (TPSA) is 73.1 Å². The van der Waals surface area contributed by atoms with Crippen molar-refractivity contribution in [3.8, 4) is 16.9 Å². The summed E-state index contributed by atoms with van der Waals surface area (Å²) in [5.74, 6) is 2.13. The van der Waals surface area contributed by atoms with E-state index in [-0.39, 0.29) is 0 Å². The molecule has 28 heavy (non-hydrogen) atoms. The van der Waals surface area contributed by atoms with Gasteiger partial charge in [0, 0.05) is 23.5 Å². The zero-order valence-corrected chi connectivity index (χ0v) is 16.0. The fourth-order valence-electron chi connectivity index (χ4n) is 3.66. The van der Waals surface area contributed by atoms with Gasteiger partial charge in [-0.1, -0.05) is 18.2 Å². The summed E-state index contributed by atoms with van der Waals surface area (Å²) in [6, 6.07) is 13.8. The first-order valence-electron chi connectivity index (χ1n) is 9.56. The van der Waals surface area contributed by atoms with Crippen molar-refractivity contribution in [2.45, 2.75) is 25.7 Å². The Bertz CT molecular complexity index is 981. The summed E-state index contributed by atoms with van der Waals surface area (Å²) in [7, 11) is 1.72. The molecule has 1 aromatic carbocycles. The molecule has 5 heteroatoms. The molecule has 142 valence electrons. The Hall–Kier alpha value is -3.34. The van der Waals surface area contributed by atoms with Gasteiger partial charge in [-0.2, -0.15) is 0 Å². The van der Waals surface area contributed by atoms with Gasteiger partial charge in [0.15, 0.2) is 0 Å². The first-order chi connectivity index (χ1) is 13.8. The Kier molecular flexibility index (Phi) is 5.24. The zero-order chi connectivity index (χ0) is 19.3. The van der Waals surface area contributed by atoms with Crippen molar-refractivity contribution < 1.29 is 4.74 Å². The molecule has 3 N–H and O–H groups in total. The molecule has 0 fully saturated rings. The fourth-order valence-corrected chi connectivity index (χ4v) is 3.66. The van der Waals surface area contributed by atoms with E-state index in [1.165, 1.54) is 18.4 Å². The van der Waals surface area contributed by atoms with Gasteiger partial charge in [-0.15, -0.1) is 0 Å². The molecule has 1 aliphatic carbocycles. The van der Waals surface area contributed by atoms with Crippen LogP contribution in [0.3, 0.4) is 0 Å². The highest BCUT2D eigenvalue weighted by molar-refractivity contribution is 5.89. The van der Waals surface area contributed by atoms with Crippen LogP contribution in [0.1, 0.15) is 31.2 Å². The van der Waals surface area contributed by atoms with E-state index in [0.29, 0.717) is 5.82 Å². The zero-order valence-electron chi connectivity index (χ0n) is 16.0. The molecule has 3 aromatic rings. The molecule has 4 rings (SSSR count). The number of allylic oxidation sites excluding steroid dienone is 2. The van der Waals surface area contributed by atoms with E-state index >= 15 is 0 Å². The summed E-state index contributed by atoms with van der Waals surface area (Å²) in [5.41, 5.74) is 11.3. The first kappa shape index (κ1) is 18.0. The Morgan fingerprint density at radius 3 is 2.64 bits per heavy atom. The summed E-state index contributed by atoms with van der Waals surface area (Å²) in [5, 5.41) is 3.39. The van der Waals surface area contributed by atoms with Gasteiger partial charge in [-0.3, -0.25) is 0 Å². The average Bonchev–Trinajstić information content (AvgIpc) is 2.75. The maximum Gasteiger partial charge on any atom is 0.150 e. The van der Waals surface area contributed by atoms with Crippen molar-refractivity contribution in [1.29, 1.82) is 0 Å². The van der Waals surface area contributed by atoms with E-state index in [1.807, 2.05) is 42.6 Å². The molecular formula is C23H24N4O. The largest absolute Gasteiger partial charge is 0.494 e. The standard InChI is InChI=1S/C23H24N4O/c1-28-23-19(27-21-9-5-6-14-25-21)12-11-18(17-10-13-20(24)26-15-17)22(23)16-7-3-2-4-8-16/h5-7,9-15H,2-4,8H2,1H3,(H2,24,26)(H,25,27). The minimum atomic E-state index is 0.516. The molecule has 1 aliphatic rings. The Balaban J connectivity index is 1.87. The molecule has 2 heterocycles. The summed E-state index contributed by atoms with van der Waals surface area (Å²) < 4.78 is 5.91. The minimum absolute atomic E-state index is 0.516. The Morgan fingerprint density at radius 1 is 1.04 bits per heavy atom. The number of nitrogens with two attached hydrogens (primary N) is 1. The van der Waals surface area contributed by atoms with Gasteiger partial charge in [0.05, 0.1) is 12.8 Å². The molecule has 0 unspecified atom stereocenters. The lowest BCUT2D eigenvalue weighted by atomic mass is 9.87. The van der Waals surface area contributed by atoms with Crippen molar-refractivity contribution in [2.75, 3.05) is 18.2 Å². The number of nitrogen functional groups attached to an aromatic ring is 1. The number of pyridine rings is 2. The number of hydrogen-bond acceptors (Lipinski definition) is 5. The van der Waals surface area contributed by atoms with Crippen molar-refractivity contribution >= 4 is 22.9 Å². The number of methoxy groups -OCH3 is 1. The lowest BCUT2D eigenvalue weighted by Crippen LogP contribution is -2.03. The van der Waals surface area contributed by atoms with Crippen LogP contribution in [-0.2, 0) is 0 Å². The Morgan fingerprint density at radius 2 is 1.96 bits per heavy atom. The summed E-state index contributed by atoms with van der Waals surface area (Å²) in [6.45, 7) is 0. The molecule has 2 aromatic heterocycles. The van der Waals surface area contributed by atoms with Crippen LogP contribution in [0.25, 0.3) is 16.7 Å². The lowest BCUT2D eigenvalue weighted by molar-refractivity contribution is 0.415. The van der Waals surface area contributed by atoms with E-state index in [0.717, 1.165) is 46.8 Å². The van der Waals surface area contributed by atoms with Crippen LogP contribution < -0.4 is 15.8 Å². The van der Waals surface area contributed by atoms with Gasteiger partial charge in [0.2, 0.25) is 0 Å².